The summed E-state index contributed by atoms with van der Waals surface area (Å²) in [6, 6.07) is 209. The number of aromatic nitrogens is 2. The normalized spacial score (nSPS) is 11.6. The van der Waals surface area contributed by atoms with Gasteiger partial charge in [-0.15, -0.1) is 0 Å². The van der Waals surface area contributed by atoms with Gasteiger partial charge in [0.2, 0.25) is 0 Å². The summed E-state index contributed by atoms with van der Waals surface area (Å²) in [5.41, 5.74) is 32.6. The molecule has 0 saturated heterocycles. The highest BCUT2D eigenvalue weighted by Gasteiger charge is 2.25. The molecule has 0 radical (unpaired) electrons. The van der Waals surface area contributed by atoms with Gasteiger partial charge in [0.25, 0.3) is 0 Å². The Balaban J connectivity index is 0.000000143. The first-order valence-corrected chi connectivity index (χ1v) is 51.1. The quantitative estimate of drug-likeness (QED) is 0.0897. The Morgan fingerprint density at radius 3 is 0.730 bits per heavy atom. The average Bonchev–Trinajstić information content (AvgIpc) is 1.39. The maximum Gasteiger partial charge on any atom is 0.0541 e. The van der Waals surface area contributed by atoms with Crippen molar-refractivity contribution in [1.29, 1.82) is 0 Å². The van der Waals surface area contributed by atoms with Crippen LogP contribution in [0, 0.1) is 0 Å². The van der Waals surface area contributed by atoms with Gasteiger partial charge in [-0.05, 0) is 333 Å². The van der Waals surface area contributed by atoms with Crippen molar-refractivity contribution >= 4 is 175 Å². The van der Waals surface area contributed by atoms with Crippen LogP contribution in [0.15, 0.2) is 570 Å². The van der Waals surface area contributed by atoms with Crippen molar-refractivity contribution in [3.63, 3.8) is 0 Å². The van der Waals surface area contributed by atoms with Crippen LogP contribution in [0.1, 0.15) is 0 Å². The molecule has 0 aliphatic carbocycles. The SMILES string of the molecule is c1ccc(-c2ccc(N(c3ccccc3)c3ccc(-c4ccc5c(c4)c4cc(-c6cc7ccccc7c7ccccc67)ccc4n5-c4ccccc4-c4ccc5c6ccccc6c6ccccc6c5c4)cc3)cc2)cc1.c1ccc(-c2ccc(N(c3ccccc3)c3ccc(-c4ccc5c(c4)c4cc(-c6ccc7ccccc7c6)ccc4n5-c4ccccc4-c4ccc5c6ccccc6c6ccccc6c5c4)cc3)cc2)cc1. The van der Waals surface area contributed by atoms with E-state index in [1.807, 2.05) is 0 Å². The van der Waals surface area contributed by atoms with Crippen LogP contribution >= 0.6 is 0 Å². The van der Waals surface area contributed by atoms with Crippen LogP contribution in [0.5, 0.6) is 0 Å². The maximum atomic E-state index is 2.50. The van der Waals surface area contributed by atoms with Gasteiger partial charge in [-0.3, -0.25) is 0 Å². The molecule has 0 aliphatic heterocycles. The zero-order valence-corrected chi connectivity index (χ0v) is 81.1. The van der Waals surface area contributed by atoms with Crippen LogP contribution in [0.25, 0.3) is 241 Å². The molecule has 0 spiro atoms. The number of hydrogen-bond acceptors (Lipinski definition) is 2. The largest absolute Gasteiger partial charge is 0.311 e. The van der Waals surface area contributed by atoms with Gasteiger partial charge in [0.1, 0.15) is 0 Å². The zero-order valence-electron chi connectivity index (χ0n) is 81.1. The molecule has 29 aromatic rings. The number of anilines is 6. The summed E-state index contributed by atoms with van der Waals surface area (Å²) in [6.45, 7) is 0. The molecule has 27 aromatic carbocycles. The second-order valence-corrected chi connectivity index (χ2v) is 38.9. The molecule has 4 nitrogen and oxygen atoms in total. The van der Waals surface area contributed by atoms with E-state index >= 15 is 0 Å². The van der Waals surface area contributed by atoms with Gasteiger partial charge in [-0.2, -0.15) is 0 Å². The minimum absolute atomic E-state index is 1.10. The number of rotatable bonds is 16. The van der Waals surface area contributed by atoms with E-state index < -0.39 is 0 Å². The fraction of sp³-hybridized carbons (Fsp3) is 0. The van der Waals surface area contributed by atoms with E-state index in [9.17, 15) is 0 Å². The molecule has 2 heterocycles. The predicted molar refractivity (Wildman–Crippen MR) is 632 cm³/mol. The Bertz CT molecular complexity index is 10200. The first-order valence-electron chi connectivity index (χ1n) is 51.1. The minimum atomic E-state index is 1.10. The molecule has 148 heavy (non-hydrogen) atoms. The third-order valence-corrected chi connectivity index (χ3v) is 30.5. The molecule has 690 valence electrons. The molecule has 0 N–H and O–H groups in total. The molecule has 0 fully saturated rings. The summed E-state index contributed by atoms with van der Waals surface area (Å²) in [7, 11) is 0. The Labute approximate surface area is 858 Å². The summed E-state index contributed by atoms with van der Waals surface area (Å²) < 4.78 is 4.99. The molecule has 0 saturated carbocycles. The van der Waals surface area contributed by atoms with Gasteiger partial charge >= 0.3 is 0 Å². The van der Waals surface area contributed by atoms with Gasteiger partial charge in [-0.1, -0.05) is 413 Å². The first-order chi connectivity index (χ1) is 73.4. The van der Waals surface area contributed by atoms with Gasteiger partial charge in [-0.25, -0.2) is 0 Å². The highest BCUT2D eigenvalue weighted by atomic mass is 15.1. The lowest BCUT2D eigenvalue weighted by molar-refractivity contribution is 1.18. The lowest BCUT2D eigenvalue weighted by Crippen LogP contribution is -2.09. The number of para-hydroxylation sites is 4. The van der Waals surface area contributed by atoms with Crippen molar-refractivity contribution in [2.45, 2.75) is 0 Å². The van der Waals surface area contributed by atoms with E-state index in [2.05, 4.69) is 589 Å². The molecular weight excluding hydrogens is 1790 g/mol. The summed E-state index contributed by atoms with van der Waals surface area (Å²) in [6.07, 6.45) is 0. The van der Waals surface area contributed by atoms with Crippen molar-refractivity contribution in [1.82, 2.24) is 9.13 Å². The maximum absolute atomic E-state index is 2.50. The van der Waals surface area contributed by atoms with Crippen molar-refractivity contribution in [3.8, 4) is 100 Å². The smallest absolute Gasteiger partial charge is 0.0541 e. The molecule has 0 bridgehead atoms. The minimum Gasteiger partial charge on any atom is -0.311 e. The molecule has 0 unspecified atom stereocenters. The third kappa shape index (κ3) is 15.2. The van der Waals surface area contributed by atoms with E-state index in [-0.39, 0.29) is 0 Å². The lowest BCUT2D eigenvalue weighted by atomic mass is 9.91. The molecule has 4 heteroatoms. The van der Waals surface area contributed by atoms with E-state index in [0.29, 0.717) is 0 Å². The van der Waals surface area contributed by atoms with Crippen LogP contribution < -0.4 is 9.80 Å². The van der Waals surface area contributed by atoms with Crippen LogP contribution in [0.3, 0.4) is 0 Å². The zero-order chi connectivity index (χ0) is 97.6. The van der Waals surface area contributed by atoms with Crippen LogP contribution in [0.2, 0.25) is 0 Å². The highest BCUT2D eigenvalue weighted by molar-refractivity contribution is 6.28. The summed E-state index contributed by atoms with van der Waals surface area (Å²) >= 11 is 0. The van der Waals surface area contributed by atoms with Gasteiger partial charge < -0.3 is 18.9 Å². The van der Waals surface area contributed by atoms with Gasteiger partial charge in [0.15, 0.2) is 0 Å². The van der Waals surface area contributed by atoms with Crippen molar-refractivity contribution in [2.24, 2.45) is 0 Å². The van der Waals surface area contributed by atoms with Crippen LogP contribution in [-0.2, 0) is 0 Å². The Hall–Kier alpha value is -19.5. The monoisotopic (exact) mass is 1880 g/mol. The summed E-state index contributed by atoms with van der Waals surface area (Å²) in [5.74, 6) is 0. The first kappa shape index (κ1) is 86.4. The Morgan fingerprint density at radius 1 is 0.108 bits per heavy atom. The topological polar surface area (TPSA) is 16.3 Å². The predicted octanol–water partition coefficient (Wildman–Crippen LogP) is 40.2. The number of nitrogens with zero attached hydrogens (tertiary/aromatic N) is 4. The fourth-order valence-electron chi connectivity index (χ4n) is 23.4. The van der Waals surface area contributed by atoms with Gasteiger partial charge in [0.05, 0.1) is 33.4 Å². The number of fused-ring (bicyclic) bond motifs is 22. The van der Waals surface area contributed by atoms with E-state index in [4.69, 9.17) is 0 Å². The fourth-order valence-corrected chi connectivity index (χ4v) is 23.4. The Morgan fingerprint density at radius 2 is 0.338 bits per heavy atom. The molecule has 2 aromatic heterocycles. The second kappa shape index (κ2) is 36.5. The van der Waals surface area contributed by atoms with Crippen molar-refractivity contribution in [2.75, 3.05) is 9.80 Å². The Kier molecular flexibility index (Phi) is 21.3. The average molecular weight is 1880 g/mol. The lowest BCUT2D eigenvalue weighted by Gasteiger charge is -2.26. The van der Waals surface area contributed by atoms with Gasteiger partial charge in [0, 0.05) is 66.8 Å². The molecular formula is C144H94N4. The number of benzene rings is 27. The summed E-state index contributed by atoms with van der Waals surface area (Å²) in [5, 5.41) is 27.7. The highest BCUT2D eigenvalue weighted by Crippen LogP contribution is 2.50. The van der Waals surface area contributed by atoms with E-state index in [1.54, 1.807) is 0 Å². The molecule has 0 aliphatic rings. The molecule has 0 atom stereocenters. The van der Waals surface area contributed by atoms with Crippen LogP contribution in [-0.4, -0.2) is 9.13 Å². The summed E-state index contributed by atoms with van der Waals surface area (Å²) in [4.78, 5) is 4.67. The van der Waals surface area contributed by atoms with E-state index in [1.165, 1.54) is 207 Å². The molecule has 29 rings (SSSR count). The molecule has 0 amide bonds. The standard InChI is InChI=1S/C74H48N2.C70H46N2/c1-3-17-49(18-4-1)50-31-38-57(39-32-50)75(56-20-5-2-6-21-56)58-40-33-51(34-41-58)52-36-43-73-70(45-52)71-48-55(68-46-53-19-7-8-22-59(53)61-24-9-13-28-65(61)68)37-44-74(71)76(73)72-30-16-15-23-60(72)54-35-42-67-64-27-11-10-25-62(64)63-26-12-14-29-66(63)69(67)47-54;1-3-15-47(16-4-1)49-29-36-57(37-30-49)71(56-19-5-2-6-20-56)58-38-31-50(32-39-58)53-34-41-69-66(44-53)67-45-54(52-28-27-48-17-7-8-18-51(48)43-52)35-42-70(67)72(69)68-26-14-13-21-59(68)55-33-40-64-62-24-10-9-22-60(62)61-23-11-12-25-63(61)65(64)46-55/h1-48H;1-46H. The number of hydrogen-bond donors (Lipinski definition) is 0. The van der Waals surface area contributed by atoms with Crippen molar-refractivity contribution < 1.29 is 0 Å². The second-order valence-electron chi connectivity index (χ2n) is 38.9. The third-order valence-electron chi connectivity index (χ3n) is 30.5. The van der Waals surface area contributed by atoms with E-state index in [0.717, 1.165) is 67.7 Å². The van der Waals surface area contributed by atoms with Crippen LogP contribution in [0.4, 0.5) is 34.1 Å². The van der Waals surface area contributed by atoms with Crippen molar-refractivity contribution in [3.05, 3.63) is 570 Å².